The van der Waals surface area contributed by atoms with Gasteiger partial charge in [0.25, 0.3) is 5.91 Å². The Morgan fingerprint density at radius 3 is 2.67 bits per heavy atom. The molecule has 5 N–H and O–H groups in total. The van der Waals surface area contributed by atoms with Crippen LogP contribution in [0, 0.1) is 5.82 Å². The lowest BCUT2D eigenvalue weighted by Gasteiger charge is -2.56. The summed E-state index contributed by atoms with van der Waals surface area (Å²) in [5.41, 5.74) is 4.71. The molecule has 0 aromatic heterocycles. The topological polar surface area (TPSA) is 112 Å². The molecule has 2 bridgehead atoms. The summed E-state index contributed by atoms with van der Waals surface area (Å²) in [7, 11) is 0. The van der Waals surface area contributed by atoms with Crippen molar-refractivity contribution in [2.75, 3.05) is 13.2 Å². The van der Waals surface area contributed by atoms with Gasteiger partial charge in [0.05, 0.1) is 16.7 Å². The third-order valence-electron chi connectivity index (χ3n) is 6.51. The van der Waals surface area contributed by atoms with Gasteiger partial charge in [-0.05, 0) is 50.7 Å². The van der Waals surface area contributed by atoms with Crippen molar-refractivity contribution in [3.63, 3.8) is 0 Å². The van der Waals surface area contributed by atoms with Crippen molar-refractivity contribution in [2.45, 2.75) is 61.7 Å². The van der Waals surface area contributed by atoms with Gasteiger partial charge in [-0.2, -0.15) is 0 Å². The second-order valence-electron chi connectivity index (χ2n) is 8.47. The van der Waals surface area contributed by atoms with Gasteiger partial charge in [0.1, 0.15) is 17.6 Å². The Hall–Kier alpha value is -1.94. The van der Waals surface area contributed by atoms with E-state index in [0.717, 1.165) is 12.6 Å². The second-order valence-corrected chi connectivity index (χ2v) is 8.88. The summed E-state index contributed by atoms with van der Waals surface area (Å²) in [6, 6.07) is 3.69. The van der Waals surface area contributed by atoms with Crippen LogP contribution >= 0.6 is 11.6 Å². The normalized spacial score (nSPS) is 32.6. The van der Waals surface area contributed by atoms with Crippen LogP contribution in [0.15, 0.2) is 18.2 Å². The molecular weight excluding hydrogens is 415 g/mol. The first-order valence-corrected chi connectivity index (χ1v) is 10.6. The molecule has 3 aliphatic carbocycles. The Morgan fingerprint density at radius 2 is 2.03 bits per heavy atom. The van der Waals surface area contributed by atoms with Gasteiger partial charge in [-0.25, -0.2) is 9.82 Å². The van der Waals surface area contributed by atoms with Crippen molar-refractivity contribution in [3.8, 4) is 5.75 Å². The van der Waals surface area contributed by atoms with E-state index < -0.39 is 23.0 Å². The maximum Gasteiger partial charge on any atom is 0.258 e. The maximum atomic E-state index is 13.5. The predicted molar refractivity (Wildman–Crippen MR) is 107 cm³/mol. The molecule has 10 heteroatoms. The number of nitrogens with one attached hydrogen (secondary N) is 4. The van der Waals surface area contributed by atoms with Gasteiger partial charge in [0.2, 0.25) is 5.91 Å². The van der Waals surface area contributed by atoms with E-state index in [1.54, 1.807) is 0 Å². The zero-order valence-electron chi connectivity index (χ0n) is 16.5. The summed E-state index contributed by atoms with van der Waals surface area (Å²) in [5, 5.41) is 16.8. The van der Waals surface area contributed by atoms with Gasteiger partial charge in [0.15, 0.2) is 6.61 Å². The first kappa shape index (κ1) is 21.3. The Kier molecular flexibility index (Phi) is 5.89. The average molecular weight is 441 g/mol. The number of ether oxygens (including phenoxy) is 1. The molecule has 1 aromatic carbocycles. The van der Waals surface area contributed by atoms with Crippen molar-refractivity contribution in [1.82, 2.24) is 21.5 Å². The summed E-state index contributed by atoms with van der Waals surface area (Å²) < 4.78 is 18.8. The number of halogens is 2. The summed E-state index contributed by atoms with van der Waals surface area (Å²) in [6.45, 7) is 0.467. The van der Waals surface area contributed by atoms with E-state index in [9.17, 15) is 19.1 Å². The highest BCUT2D eigenvalue weighted by molar-refractivity contribution is 6.30. The fourth-order valence-corrected chi connectivity index (χ4v) is 4.84. The molecule has 2 atom stereocenters. The minimum absolute atomic E-state index is 0.0142. The van der Waals surface area contributed by atoms with Gasteiger partial charge in [0, 0.05) is 18.2 Å². The summed E-state index contributed by atoms with van der Waals surface area (Å²) in [6.07, 6.45) is 2.81. The molecule has 0 spiro atoms. The van der Waals surface area contributed by atoms with Crippen LogP contribution in [0.2, 0.25) is 5.02 Å². The number of amides is 2. The molecule has 5 rings (SSSR count). The van der Waals surface area contributed by atoms with Gasteiger partial charge in [-0.3, -0.25) is 15.0 Å². The summed E-state index contributed by atoms with van der Waals surface area (Å²) in [5.74, 6) is -0.843. The molecule has 3 saturated carbocycles. The first-order valence-electron chi connectivity index (χ1n) is 10.2. The lowest BCUT2D eigenvalue weighted by molar-refractivity contribution is -0.136. The highest BCUT2D eigenvalue weighted by atomic mass is 35.5. The highest BCUT2D eigenvalue weighted by Crippen LogP contribution is 2.47. The molecule has 1 aromatic rings. The highest BCUT2D eigenvalue weighted by Gasteiger charge is 2.55. The first-order chi connectivity index (χ1) is 14.3. The number of hydrogen-bond acceptors (Lipinski definition) is 6. The van der Waals surface area contributed by atoms with Crippen LogP contribution in [-0.4, -0.2) is 53.3 Å². The number of aliphatic hydroxyl groups excluding tert-OH is 1. The van der Waals surface area contributed by atoms with Crippen LogP contribution in [0.4, 0.5) is 4.39 Å². The lowest BCUT2D eigenvalue weighted by atomic mass is 9.59. The number of carbonyl (C=O) groups excluding carboxylic acids is 2. The van der Waals surface area contributed by atoms with Gasteiger partial charge in [-0.1, -0.05) is 11.6 Å². The van der Waals surface area contributed by atoms with Crippen molar-refractivity contribution in [2.24, 2.45) is 0 Å². The summed E-state index contributed by atoms with van der Waals surface area (Å²) in [4.78, 5) is 25.0. The van der Waals surface area contributed by atoms with Crippen LogP contribution in [0.5, 0.6) is 5.75 Å². The number of aliphatic hydroxyl groups is 1. The smallest absolute Gasteiger partial charge is 0.258 e. The van der Waals surface area contributed by atoms with E-state index in [0.29, 0.717) is 38.5 Å². The largest absolute Gasteiger partial charge is 0.484 e. The van der Waals surface area contributed by atoms with Crippen molar-refractivity contribution in [3.05, 3.63) is 29.0 Å². The van der Waals surface area contributed by atoms with Gasteiger partial charge < -0.3 is 20.5 Å². The number of hydrogen-bond donors (Lipinski definition) is 5. The third kappa shape index (κ3) is 4.25. The van der Waals surface area contributed by atoms with Crippen molar-refractivity contribution in [1.29, 1.82) is 0 Å². The fraction of sp³-hybridized carbons (Fsp3) is 0.600. The Morgan fingerprint density at radius 1 is 1.27 bits per heavy atom. The second kappa shape index (κ2) is 8.30. The quantitative estimate of drug-likeness (QED) is 0.447. The van der Waals surface area contributed by atoms with E-state index in [1.807, 2.05) is 0 Å². The number of benzene rings is 1. The maximum absolute atomic E-state index is 13.5. The zero-order chi connectivity index (χ0) is 21.4. The minimum atomic E-state index is -0.745. The molecule has 8 nitrogen and oxygen atoms in total. The average Bonchev–Trinajstić information content (AvgIpc) is 3.25. The number of hydrazine groups is 1. The number of fused-ring (bicyclic) bond motifs is 3. The van der Waals surface area contributed by atoms with E-state index in [2.05, 4.69) is 21.5 Å². The molecule has 30 heavy (non-hydrogen) atoms. The molecule has 1 saturated heterocycles. The number of carbonyl (C=O) groups is 2. The summed E-state index contributed by atoms with van der Waals surface area (Å²) >= 11 is 5.64. The predicted octanol–water partition coefficient (Wildman–Crippen LogP) is 0.773. The van der Waals surface area contributed by atoms with Crippen LogP contribution < -0.4 is 26.2 Å². The fourth-order valence-electron chi connectivity index (χ4n) is 4.72. The monoisotopic (exact) mass is 440 g/mol. The van der Waals surface area contributed by atoms with E-state index in [-0.39, 0.29) is 35.2 Å². The Labute approximate surface area is 178 Å². The zero-order valence-corrected chi connectivity index (χ0v) is 17.2. The number of rotatable bonds is 6. The van der Waals surface area contributed by atoms with Crippen LogP contribution in [-0.2, 0) is 9.59 Å². The molecule has 2 amide bonds. The van der Waals surface area contributed by atoms with Crippen LogP contribution in [0.1, 0.15) is 38.5 Å². The van der Waals surface area contributed by atoms with Crippen LogP contribution in [0.25, 0.3) is 0 Å². The van der Waals surface area contributed by atoms with Crippen LogP contribution in [0.3, 0.4) is 0 Å². The van der Waals surface area contributed by atoms with Crippen molar-refractivity contribution >= 4 is 23.4 Å². The Balaban J connectivity index is 1.31. The minimum Gasteiger partial charge on any atom is -0.484 e. The van der Waals surface area contributed by atoms with E-state index in [4.69, 9.17) is 16.3 Å². The molecule has 4 aliphatic rings. The SMILES string of the molecule is O=C(COc1ccc(Cl)c(F)c1)NC12CCC(NC(=O)C3CCNN3)(CC1)C(O)C2. The van der Waals surface area contributed by atoms with Crippen molar-refractivity contribution < 1.29 is 23.8 Å². The standard InChI is InChI=1S/C20H26ClFN4O4/c21-13-2-1-12(9-14(13)22)30-11-17(28)24-19-4-6-20(7-5-19,16(27)10-19)25-18(29)15-3-8-23-26-15/h1-2,9,15-16,23,26-27H,3-8,10-11H2,(H,24,28)(H,25,29). The molecule has 2 unspecified atom stereocenters. The molecule has 1 aliphatic heterocycles. The molecule has 0 radical (unpaired) electrons. The molecule has 1 heterocycles. The van der Waals surface area contributed by atoms with E-state index >= 15 is 0 Å². The Bertz CT molecular complexity index is 825. The lowest BCUT2D eigenvalue weighted by Crippen LogP contribution is -2.71. The van der Waals surface area contributed by atoms with Gasteiger partial charge >= 0.3 is 0 Å². The third-order valence-corrected chi connectivity index (χ3v) is 6.82. The molecule has 164 valence electrons. The van der Waals surface area contributed by atoms with Gasteiger partial charge in [-0.15, -0.1) is 0 Å². The molecule has 4 fully saturated rings. The van der Waals surface area contributed by atoms with E-state index in [1.165, 1.54) is 12.1 Å². The molecular formula is C20H26ClFN4O4.